The summed E-state index contributed by atoms with van der Waals surface area (Å²) in [7, 11) is 0. The van der Waals surface area contributed by atoms with Crippen molar-refractivity contribution in [3.63, 3.8) is 0 Å². The van der Waals surface area contributed by atoms with Crippen molar-refractivity contribution in [1.29, 1.82) is 5.41 Å². The largest absolute Gasteiger partial charge is 0.384 e. The molecule has 0 atom stereocenters. The first-order valence-electron chi connectivity index (χ1n) is 10.7. The summed E-state index contributed by atoms with van der Waals surface area (Å²) in [4.78, 5) is 31.5. The van der Waals surface area contributed by atoms with E-state index in [0.717, 1.165) is 22.4 Å². The molecule has 34 heavy (non-hydrogen) atoms. The zero-order valence-corrected chi connectivity index (χ0v) is 18.3. The summed E-state index contributed by atoms with van der Waals surface area (Å²) in [6.45, 7) is 0. The number of hydrogen-bond acceptors (Lipinski definition) is 4. The highest BCUT2D eigenvalue weighted by Crippen LogP contribution is 2.26. The number of nitrogens with two attached hydrogens (primary N) is 2. The minimum Gasteiger partial charge on any atom is -0.384 e. The fraction of sp³-hybridized carbons (Fsp3) is 0.0769. The normalized spacial score (nSPS) is 10.6. The zero-order valence-electron chi connectivity index (χ0n) is 18.3. The molecule has 0 unspecified atom stereocenters. The number of benzene rings is 3. The Kier molecular flexibility index (Phi) is 6.49. The van der Waals surface area contributed by atoms with E-state index in [2.05, 4.69) is 15.3 Å². The molecule has 0 aliphatic carbocycles. The first-order chi connectivity index (χ1) is 16.4. The van der Waals surface area contributed by atoms with Crippen molar-refractivity contribution >= 4 is 23.3 Å². The third kappa shape index (κ3) is 5.18. The highest BCUT2D eigenvalue weighted by atomic mass is 16.2. The molecule has 0 aliphatic heterocycles. The second kappa shape index (κ2) is 9.83. The van der Waals surface area contributed by atoms with Gasteiger partial charge in [-0.1, -0.05) is 48.5 Å². The number of primary amides is 1. The van der Waals surface area contributed by atoms with Crippen LogP contribution in [0.2, 0.25) is 0 Å². The second-order valence-corrected chi connectivity index (χ2v) is 7.78. The van der Waals surface area contributed by atoms with E-state index >= 15 is 0 Å². The maximum atomic E-state index is 12.5. The van der Waals surface area contributed by atoms with Crippen LogP contribution in [0, 0.1) is 5.41 Å². The van der Waals surface area contributed by atoms with E-state index in [0.29, 0.717) is 29.1 Å². The fourth-order valence-corrected chi connectivity index (χ4v) is 3.59. The Bertz CT molecular complexity index is 1340. The van der Waals surface area contributed by atoms with Gasteiger partial charge in [0.25, 0.3) is 0 Å². The Hall–Kier alpha value is -4.72. The summed E-state index contributed by atoms with van der Waals surface area (Å²) >= 11 is 0. The lowest BCUT2D eigenvalue weighted by atomic mass is 10.0. The number of amides is 2. The second-order valence-electron chi connectivity index (χ2n) is 7.78. The Balaban J connectivity index is 1.44. The minimum absolute atomic E-state index is 0.0255. The maximum absolute atomic E-state index is 12.5. The highest BCUT2D eigenvalue weighted by molar-refractivity contribution is 5.95. The standard InChI is InChI=1S/C26H24N6O2/c27-24(28)18-7-5-17(6-8-18)22-15-30-26(32-22)21-4-2-1-3-16(21)11-14-23(33)31-20-12-9-19(10-13-20)25(29)34/h1-10,12-13,15H,11,14H2,(H3,27,28)(H2,29,34)(H,30,32)(H,31,33). The topological polar surface area (TPSA) is 151 Å². The molecular weight excluding hydrogens is 428 g/mol. The van der Waals surface area contributed by atoms with Gasteiger partial charge >= 0.3 is 0 Å². The van der Waals surface area contributed by atoms with Gasteiger partial charge in [-0.25, -0.2) is 4.98 Å². The third-order valence-corrected chi connectivity index (χ3v) is 5.43. The van der Waals surface area contributed by atoms with E-state index in [9.17, 15) is 9.59 Å². The van der Waals surface area contributed by atoms with Crippen LogP contribution in [0.1, 0.15) is 27.9 Å². The minimum atomic E-state index is -0.511. The molecule has 0 saturated heterocycles. The highest BCUT2D eigenvalue weighted by Gasteiger charge is 2.12. The van der Waals surface area contributed by atoms with Gasteiger partial charge in [-0.2, -0.15) is 0 Å². The van der Waals surface area contributed by atoms with E-state index in [4.69, 9.17) is 16.9 Å². The third-order valence-electron chi connectivity index (χ3n) is 5.43. The van der Waals surface area contributed by atoms with E-state index in [-0.39, 0.29) is 18.2 Å². The number of H-pyrrole nitrogens is 1. The van der Waals surface area contributed by atoms with Crippen molar-refractivity contribution in [3.8, 4) is 22.6 Å². The van der Waals surface area contributed by atoms with Gasteiger partial charge in [-0.15, -0.1) is 0 Å². The van der Waals surface area contributed by atoms with Gasteiger partial charge in [0, 0.05) is 28.8 Å². The van der Waals surface area contributed by atoms with Crippen molar-refractivity contribution < 1.29 is 9.59 Å². The molecule has 7 N–H and O–H groups in total. The van der Waals surface area contributed by atoms with Crippen LogP contribution in [0.25, 0.3) is 22.6 Å². The summed E-state index contributed by atoms with van der Waals surface area (Å²) in [6.07, 6.45) is 2.58. The smallest absolute Gasteiger partial charge is 0.248 e. The van der Waals surface area contributed by atoms with Gasteiger partial charge in [0.2, 0.25) is 11.8 Å². The molecule has 0 spiro atoms. The van der Waals surface area contributed by atoms with Gasteiger partial charge in [0.15, 0.2) is 0 Å². The van der Waals surface area contributed by atoms with E-state index in [1.807, 2.05) is 36.4 Å². The molecule has 2 amide bonds. The van der Waals surface area contributed by atoms with Crippen molar-refractivity contribution in [2.75, 3.05) is 5.32 Å². The first-order valence-corrected chi connectivity index (χ1v) is 10.7. The van der Waals surface area contributed by atoms with Gasteiger partial charge < -0.3 is 21.8 Å². The molecule has 8 nitrogen and oxygen atoms in total. The number of carbonyl (C=O) groups excluding carboxylic acids is 2. The van der Waals surface area contributed by atoms with Crippen LogP contribution in [-0.4, -0.2) is 27.6 Å². The average Bonchev–Trinajstić information content (AvgIpc) is 3.33. The molecule has 4 rings (SSSR count). The molecule has 3 aromatic carbocycles. The lowest BCUT2D eigenvalue weighted by Gasteiger charge is -2.09. The van der Waals surface area contributed by atoms with Gasteiger partial charge in [-0.05, 0) is 41.8 Å². The number of rotatable bonds is 8. The molecule has 8 heteroatoms. The molecule has 0 aliphatic rings. The number of aromatic amines is 1. The van der Waals surface area contributed by atoms with Crippen molar-refractivity contribution in [2.24, 2.45) is 11.5 Å². The predicted octanol–water partition coefficient (Wildman–Crippen LogP) is 3.70. The Labute approximate surface area is 196 Å². The predicted molar refractivity (Wildman–Crippen MR) is 132 cm³/mol. The Morgan fingerprint density at radius 2 is 1.59 bits per heavy atom. The van der Waals surface area contributed by atoms with Crippen LogP contribution in [0.5, 0.6) is 0 Å². The number of amidine groups is 1. The Morgan fingerprint density at radius 3 is 2.26 bits per heavy atom. The number of aryl methyl sites for hydroxylation is 1. The molecule has 1 aromatic heterocycles. The van der Waals surface area contributed by atoms with Gasteiger partial charge in [0.1, 0.15) is 11.7 Å². The van der Waals surface area contributed by atoms with Crippen molar-refractivity contribution in [1.82, 2.24) is 9.97 Å². The van der Waals surface area contributed by atoms with Crippen LogP contribution in [0.4, 0.5) is 5.69 Å². The molecule has 0 fully saturated rings. The molecule has 1 heterocycles. The summed E-state index contributed by atoms with van der Waals surface area (Å²) in [5.41, 5.74) is 16.1. The summed E-state index contributed by atoms with van der Waals surface area (Å²) in [5, 5.41) is 10.4. The SMILES string of the molecule is N=C(N)c1ccc(-c2cnc(-c3ccccc3CCC(=O)Nc3ccc(C(N)=O)cc3)[nH]2)cc1. The molecule has 170 valence electrons. The molecular formula is C26H24N6O2. The first kappa shape index (κ1) is 22.5. The van der Waals surface area contributed by atoms with E-state index in [1.165, 1.54) is 0 Å². The number of anilines is 1. The number of hydrogen-bond donors (Lipinski definition) is 5. The number of nitrogens with one attached hydrogen (secondary N) is 3. The summed E-state index contributed by atoms with van der Waals surface area (Å²) < 4.78 is 0. The summed E-state index contributed by atoms with van der Waals surface area (Å²) in [6, 6.07) is 21.7. The van der Waals surface area contributed by atoms with E-state index < -0.39 is 5.91 Å². The van der Waals surface area contributed by atoms with Gasteiger partial charge in [0.05, 0.1) is 11.9 Å². The quantitative estimate of drug-likeness (QED) is 0.204. The number of nitrogens with zero attached hydrogens (tertiary/aromatic N) is 1. The average molecular weight is 453 g/mol. The number of aromatic nitrogens is 2. The molecule has 0 radical (unpaired) electrons. The molecule has 0 saturated carbocycles. The monoisotopic (exact) mass is 452 g/mol. The Morgan fingerprint density at radius 1 is 0.912 bits per heavy atom. The number of imidazole rings is 1. The van der Waals surface area contributed by atoms with Crippen molar-refractivity contribution in [3.05, 3.63) is 95.7 Å². The lowest BCUT2D eigenvalue weighted by Crippen LogP contribution is -2.14. The molecule has 4 aromatic rings. The number of carbonyl (C=O) groups is 2. The van der Waals surface area contributed by atoms with Crippen LogP contribution in [-0.2, 0) is 11.2 Å². The van der Waals surface area contributed by atoms with Crippen molar-refractivity contribution in [2.45, 2.75) is 12.8 Å². The lowest BCUT2D eigenvalue weighted by molar-refractivity contribution is -0.116. The van der Waals surface area contributed by atoms with Gasteiger partial charge in [-0.3, -0.25) is 15.0 Å². The maximum Gasteiger partial charge on any atom is 0.248 e. The number of nitrogen functional groups attached to an aromatic ring is 1. The van der Waals surface area contributed by atoms with Crippen LogP contribution in [0.15, 0.2) is 79.0 Å². The zero-order chi connectivity index (χ0) is 24.1. The molecule has 0 bridgehead atoms. The summed E-state index contributed by atoms with van der Waals surface area (Å²) in [5.74, 6) is 0.0946. The van der Waals surface area contributed by atoms with E-state index in [1.54, 1.807) is 42.6 Å². The fourth-order valence-electron chi connectivity index (χ4n) is 3.59. The van der Waals surface area contributed by atoms with Crippen LogP contribution in [0.3, 0.4) is 0 Å². The van der Waals surface area contributed by atoms with Crippen LogP contribution >= 0.6 is 0 Å². The van der Waals surface area contributed by atoms with Crippen LogP contribution < -0.4 is 16.8 Å².